The molecule has 1 amide bonds. The largest absolute Gasteiger partial charge is 0.396 e. The number of amides is 1. The number of fused-ring (bicyclic) bond motifs is 1. The summed E-state index contributed by atoms with van der Waals surface area (Å²) < 4.78 is 0. The average molecular weight is 205 g/mol. The molecule has 0 aliphatic carbocycles. The van der Waals surface area contributed by atoms with Crippen molar-refractivity contribution in [3.8, 4) is 0 Å². The fraction of sp³-hybridized carbons (Fsp3) is 0.417. The van der Waals surface area contributed by atoms with E-state index in [1.54, 1.807) is 11.9 Å². The molecule has 15 heavy (non-hydrogen) atoms. The van der Waals surface area contributed by atoms with Gasteiger partial charge >= 0.3 is 0 Å². The smallest absolute Gasteiger partial charge is 0.237 e. The summed E-state index contributed by atoms with van der Waals surface area (Å²) >= 11 is 0. The molecule has 1 aromatic rings. The highest BCUT2D eigenvalue weighted by atomic mass is 16.3. The molecule has 0 saturated carbocycles. The number of nitrogens with zero attached hydrogens (tertiary/aromatic N) is 1. The Morgan fingerprint density at radius 1 is 1.40 bits per heavy atom. The van der Waals surface area contributed by atoms with E-state index in [2.05, 4.69) is 0 Å². The Bertz CT molecular complexity index is 402. The SMILES string of the molecule is CN1C(=O)[C@](C)(CCO)c2ccccc21. The molecule has 1 aliphatic heterocycles. The molecule has 3 nitrogen and oxygen atoms in total. The fourth-order valence-electron chi connectivity index (χ4n) is 2.29. The Morgan fingerprint density at radius 3 is 2.73 bits per heavy atom. The van der Waals surface area contributed by atoms with Gasteiger partial charge in [-0.05, 0) is 25.0 Å². The van der Waals surface area contributed by atoms with Crippen LogP contribution in [0.25, 0.3) is 0 Å². The Hall–Kier alpha value is -1.35. The minimum Gasteiger partial charge on any atom is -0.396 e. The molecule has 1 aromatic carbocycles. The van der Waals surface area contributed by atoms with E-state index in [-0.39, 0.29) is 12.5 Å². The molecule has 80 valence electrons. The summed E-state index contributed by atoms with van der Waals surface area (Å²) in [5.41, 5.74) is 1.42. The zero-order valence-corrected chi connectivity index (χ0v) is 9.03. The summed E-state index contributed by atoms with van der Waals surface area (Å²) in [5.74, 6) is 0.0674. The molecule has 2 rings (SSSR count). The van der Waals surface area contributed by atoms with Crippen molar-refractivity contribution in [2.24, 2.45) is 0 Å². The van der Waals surface area contributed by atoms with Crippen molar-refractivity contribution in [2.45, 2.75) is 18.8 Å². The van der Waals surface area contributed by atoms with Crippen molar-refractivity contribution in [1.82, 2.24) is 0 Å². The van der Waals surface area contributed by atoms with Crippen molar-refractivity contribution < 1.29 is 9.90 Å². The topological polar surface area (TPSA) is 40.5 Å². The number of hydrogen-bond donors (Lipinski definition) is 1. The summed E-state index contributed by atoms with van der Waals surface area (Å²) in [4.78, 5) is 13.8. The maximum atomic E-state index is 12.1. The molecule has 0 saturated heterocycles. The van der Waals surface area contributed by atoms with E-state index in [0.717, 1.165) is 11.3 Å². The van der Waals surface area contributed by atoms with Gasteiger partial charge in [0.25, 0.3) is 0 Å². The Kier molecular flexibility index (Phi) is 2.27. The van der Waals surface area contributed by atoms with E-state index in [9.17, 15) is 4.79 Å². The molecule has 0 bridgehead atoms. The van der Waals surface area contributed by atoms with Gasteiger partial charge in [-0.3, -0.25) is 4.79 Å². The lowest BCUT2D eigenvalue weighted by molar-refractivity contribution is -0.122. The summed E-state index contributed by atoms with van der Waals surface area (Å²) in [5, 5.41) is 9.05. The normalized spacial score (nSPS) is 24.5. The van der Waals surface area contributed by atoms with Crippen LogP contribution in [-0.4, -0.2) is 24.7 Å². The van der Waals surface area contributed by atoms with Gasteiger partial charge in [-0.1, -0.05) is 18.2 Å². The van der Waals surface area contributed by atoms with Crippen LogP contribution < -0.4 is 4.90 Å². The number of para-hydroxylation sites is 1. The van der Waals surface area contributed by atoms with Crippen LogP contribution >= 0.6 is 0 Å². The van der Waals surface area contributed by atoms with Crippen LogP contribution in [0.3, 0.4) is 0 Å². The first-order valence-electron chi connectivity index (χ1n) is 5.10. The second-order valence-corrected chi connectivity index (χ2v) is 4.19. The molecule has 1 N–H and O–H groups in total. The third kappa shape index (κ3) is 1.27. The van der Waals surface area contributed by atoms with Crippen LogP contribution in [0.4, 0.5) is 5.69 Å². The molecule has 1 heterocycles. The van der Waals surface area contributed by atoms with Gasteiger partial charge in [0.05, 0.1) is 5.41 Å². The van der Waals surface area contributed by atoms with Crippen molar-refractivity contribution in [3.05, 3.63) is 29.8 Å². The predicted molar refractivity (Wildman–Crippen MR) is 58.9 cm³/mol. The molecule has 0 unspecified atom stereocenters. The van der Waals surface area contributed by atoms with Gasteiger partial charge < -0.3 is 10.0 Å². The first-order valence-corrected chi connectivity index (χ1v) is 5.10. The van der Waals surface area contributed by atoms with Crippen molar-refractivity contribution in [2.75, 3.05) is 18.6 Å². The third-order valence-corrected chi connectivity index (χ3v) is 3.25. The van der Waals surface area contributed by atoms with Crippen LogP contribution in [0.5, 0.6) is 0 Å². The highest BCUT2D eigenvalue weighted by Gasteiger charge is 2.44. The maximum absolute atomic E-state index is 12.1. The molecule has 3 heteroatoms. The molecule has 0 radical (unpaired) electrons. The summed E-state index contributed by atoms with van der Waals surface area (Å²) in [6.07, 6.45) is 0.479. The highest BCUT2D eigenvalue weighted by molar-refractivity contribution is 6.07. The number of aliphatic hydroxyl groups is 1. The predicted octanol–water partition coefficient (Wildman–Crippen LogP) is 1.30. The quantitative estimate of drug-likeness (QED) is 0.790. The number of carbonyl (C=O) groups excluding carboxylic acids is 1. The molecule has 1 atom stereocenters. The lowest BCUT2D eigenvalue weighted by Gasteiger charge is -2.21. The highest BCUT2D eigenvalue weighted by Crippen LogP contribution is 2.42. The number of rotatable bonds is 2. The molecular formula is C12H15NO2. The van der Waals surface area contributed by atoms with Gasteiger partial charge in [-0.25, -0.2) is 0 Å². The van der Waals surface area contributed by atoms with E-state index >= 15 is 0 Å². The van der Waals surface area contributed by atoms with Crippen LogP contribution in [-0.2, 0) is 10.2 Å². The number of hydrogen-bond acceptors (Lipinski definition) is 2. The van der Waals surface area contributed by atoms with Crippen LogP contribution in [0.15, 0.2) is 24.3 Å². The molecular weight excluding hydrogens is 190 g/mol. The number of likely N-dealkylation sites (N-methyl/N-ethyl adjacent to an activating group) is 1. The lowest BCUT2D eigenvalue weighted by Crippen LogP contribution is -2.36. The summed E-state index contributed by atoms with van der Waals surface area (Å²) in [6, 6.07) is 7.76. The van der Waals surface area contributed by atoms with Crippen molar-refractivity contribution in [3.63, 3.8) is 0 Å². The Morgan fingerprint density at radius 2 is 2.07 bits per heavy atom. The molecule has 1 aliphatic rings. The van der Waals surface area contributed by atoms with Gasteiger partial charge in [0.15, 0.2) is 0 Å². The molecule has 0 aromatic heterocycles. The minimum atomic E-state index is -0.555. The van der Waals surface area contributed by atoms with Crippen LogP contribution in [0, 0.1) is 0 Å². The standard InChI is InChI=1S/C12H15NO2/c1-12(7-8-14)9-5-3-4-6-10(9)13(2)11(12)15/h3-6,14H,7-8H2,1-2H3/t12-/m1/s1. The zero-order valence-electron chi connectivity index (χ0n) is 9.03. The second kappa shape index (κ2) is 3.35. The van der Waals surface area contributed by atoms with E-state index in [0.29, 0.717) is 6.42 Å². The zero-order chi connectivity index (χ0) is 11.1. The Balaban J connectivity index is 2.55. The molecule has 0 spiro atoms. The minimum absolute atomic E-state index is 0.0322. The first kappa shape index (κ1) is 10.2. The van der Waals surface area contributed by atoms with Gasteiger partial charge in [-0.2, -0.15) is 0 Å². The monoisotopic (exact) mass is 205 g/mol. The Labute approximate surface area is 89.3 Å². The first-order chi connectivity index (χ1) is 7.11. The van der Waals surface area contributed by atoms with E-state index in [1.165, 1.54) is 0 Å². The molecule has 0 fully saturated rings. The number of carbonyl (C=O) groups is 1. The van der Waals surface area contributed by atoms with Crippen LogP contribution in [0.2, 0.25) is 0 Å². The maximum Gasteiger partial charge on any atom is 0.237 e. The summed E-state index contributed by atoms with van der Waals surface area (Å²) in [7, 11) is 1.78. The third-order valence-electron chi connectivity index (χ3n) is 3.25. The fourth-order valence-corrected chi connectivity index (χ4v) is 2.29. The van der Waals surface area contributed by atoms with E-state index < -0.39 is 5.41 Å². The average Bonchev–Trinajstić information content (AvgIpc) is 2.43. The van der Waals surface area contributed by atoms with Crippen molar-refractivity contribution in [1.29, 1.82) is 0 Å². The number of aliphatic hydroxyl groups excluding tert-OH is 1. The second-order valence-electron chi connectivity index (χ2n) is 4.19. The van der Waals surface area contributed by atoms with E-state index in [4.69, 9.17) is 5.11 Å². The van der Waals surface area contributed by atoms with Gasteiger partial charge in [-0.15, -0.1) is 0 Å². The van der Waals surface area contributed by atoms with Gasteiger partial charge in [0.2, 0.25) is 5.91 Å². The number of benzene rings is 1. The lowest BCUT2D eigenvalue weighted by atomic mass is 9.81. The van der Waals surface area contributed by atoms with Gasteiger partial charge in [0, 0.05) is 19.3 Å². The van der Waals surface area contributed by atoms with E-state index in [1.807, 2.05) is 31.2 Å². The number of anilines is 1. The van der Waals surface area contributed by atoms with Gasteiger partial charge in [0.1, 0.15) is 0 Å². The van der Waals surface area contributed by atoms with Crippen molar-refractivity contribution >= 4 is 11.6 Å². The summed E-state index contributed by atoms with van der Waals surface area (Å²) in [6.45, 7) is 1.93. The van der Waals surface area contributed by atoms with Crippen LogP contribution in [0.1, 0.15) is 18.9 Å².